The third-order valence-corrected chi connectivity index (χ3v) is 5.48. The lowest BCUT2D eigenvalue weighted by Gasteiger charge is -2.31. The van der Waals surface area contributed by atoms with Crippen LogP contribution in [0.15, 0.2) is 18.2 Å². The lowest BCUT2D eigenvalue weighted by atomic mass is 9.96. The van der Waals surface area contributed by atoms with Crippen molar-refractivity contribution in [1.29, 1.82) is 0 Å². The largest absolute Gasteiger partial charge is 0.342 e. The van der Waals surface area contributed by atoms with Gasteiger partial charge in [-0.1, -0.05) is 29.3 Å². The van der Waals surface area contributed by atoms with Crippen molar-refractivity contribution in [2.75, 3.05) is 19.6 Å². The standard InChI is InChI=1S/C16H20Cl2N2O/c17-14-2-1-11(7-15(14)18)12-8-13(12)16(21)20-5-3-10(9-19)4-6-20/h1-2,7,10,12-13H,3-6,8-9,19H2. The molecule has 114 valence electrons. The zero-order valence-corrected chi connectivity index (χ0v) is 13.4. The number of nitrogens with two attached hydrogens (primary N) is 1. The van der Waals surface area contributed by atoms with Gasteiger partial charge in [-0.3, -0.25) is 4.79 Å². The zero-order valence-electron chi connectivity index (χ0n) is 11.9. The summed E-state index contributed by atoms with van der Waals surface area (Å²) in [5.74, 6) is 1.30. The molecule has 1 heterocycles. The minimum atomic E-state index is 0.122. The number of likely N-dealkylation sites (tertiary alicyclic amines) is 1. The van der Waals surface area contributed by atoms with Gasteiger partial charge in [-0.25, -0.2) is 0 Å². The van der Waals surface area contributed by atoms with Gasteiger partial charge in [-0.05, 0) is 55.3 Å². The molecule has 21 heavy (non-hydrogen) atoms. The Morgan fingerprint density at radius 1 is 1.24 bits per heavy atom. The van der Waals surface area contributed by atoms with Gasteiger partial charge in [0.1, 0.15) is 0 Å². The SMILES string of the molecule is NCC1CCN(C(=O)C2CC2c2ccc(Cl)c(Cl)c2)CC1. The molecule has 1 saturated heterocycles. The number of carbonyl (C=O) groups excluding carboxylic acids is 1. The topological polar surface area (TPSA) is 46.3 Å². The van der Waals surface area contributed by atoms with Crippen LogP contribution in [-0.2, 0) is 4.79 Å². The van der Waals surface area contributed by atoms with Crippen molar-refractivity contribution >= 4 is 29.1 Å². The lowest BCUT2D eigenvalue weighted by molar-refractivity contribution is -0.134. The van der Waals surface area contributed by atoms with E-state index in [0.29, 0.717) is 27.8 Å². The average Bonchev–Trinajstić information content (AvgIpc) is 3.30. The Morgan fingerprint density at radius 3 is 2.57 bits per heavy atom. The molecule has 0 radical (unpaired) electrons. The summed E-state index contributed by atoms with van der Waals surface area (Å²) in [4.78, 5) is 14.5. The van der Waals surface area contributed by atoms with E-state index in [0.717, 1.165) is 44.5 Å². The zero-order chi connectivity index (χ0) is 15.0. The molecule has 1 aromatic carbocycles. The molecular weight excluding hydrogens is 307 g/mol. The first kappa shape index (κ1) is 15.1. The first-order valence-electron chi connectivity index (χ1n) is 7.54. The van der Waals surface area contributed by atoms with Gasteiger partial charge >= 0.3 is 0 Å². The van der Waals surface area contributed by atoms with Crippen LogP contribution in [0.3, 0.4) is 0 Å². The summed E-state index contributed by atoms with van der Waals surface area (Å²) in [5.41, 5.74) is 6.82. The average molecular weight is 327 g/mol. The lowest BCUT2D eigenvalue weighted by Crippen LogP contribution is -2.41. The maximum Gasteiger partial charge on any atom is 0.226 e. The highest BCUT2D eigenvalue weighted by molar-refractivity contribution is 6.42. The number of hydrogen-bond donors (Lipinski definition) is 1. The second-order valence-corrected chi connectivity index (χ2v) is 6.94. The minimum Gasteiger partial charge on any atom is -0.342 e. The number of amides is 1. The van der Waals surface area contributed by atoms with E-state index in [4.69, 9.17) is 28.9 Å². The van der Waals surface area contributed by atoms with Crippen molar-refractivity contribution in [3.05, 3.63) is 33.8 Å². The first-order valence-corrected chi connectivity index (χ1v) is 8.29. The van der Waals surface area contributed by atoms with Crippen LogP contribution in [0.4, 0.5) is 0 Å². The quantitative estimate of drug-likeness (QED) is 0.926. The molecular formula is C16H20Cl2N2O. The molecule has 0 spiro atoms. The van der Waals surface area contributed by atoms with Gasteiger partial charge in [-0.2, -0.15) is 0 Å². The summed E-state index contributed by atoms with van der Waals surface area (Å²) in [5, 5.41) is 1.13. The van der Waals surface area contributed by atoms with E-state index in [1.165, 1.54) is 0 Å². The molecule has 2 aliphatic rings. The smallest absolute Gasteiger partial charge is 0.226 e. The number of piperidine rings is 1. The van der Waals surface area contributed by atoms with E-state index in [1.807, 2.05) is 23.1 Å². The maximum absolute atomic E-state index is 12.5. The Labute approximate surface area is 135 Å². The van der Waals surface area contributed by atoms with Gasteiger partial charge in [0, 0.05) is 19.0 Å². The minimum absolute atomic E-state index is 0.122. The molecule has 0 bridgehead atoms. The Morgan fingerprint density at radius 2 is 1.95 bits per heavy atom. The van der Waals surface area contributed by atoms with Crippen LogP contribution in [-0.4, -0.2) is 30.4 Å². The van der Waals surface area contributed by atoms with Crippen LogP contribution in [0.5, 0.6) is 0 Å². The molecule has 1 saturated carbocycles. The highest BCUT2D eigenvalue weighted by atomic mass is 35.5. The van der Waals surface area contributed by atoms with E-state index in [-0.39, 0.29) is 5.92 Å². The summed E-state index contributed by atoms with van der Waals surface area (Å²) >= 11 is 12.0. The second kappa shape index (κ2) is 6.15. The highest BCUT2D eigenvalue weighted by Crippen LogP contribution is 2.49. The van der Waals surface area contributed by atoms with Crippen molar-refractivity contribution in [3.63, 3.8) is 0 Å². The van der Waals surface area contributed by atoms with Gasteiger partial charge in [0.05, 0.1) is 10.0 Å². The van der Waals surface area contributed by atoms with Crippen molar-refractivity contribution in [2.45, 2.75) is 25.2 Å². The number of nitrogens with zero attached hydrogens (tertiary/aromatic N) is 1. The van der Waals surface area contributed by atoms with Crippen molar-refractivity contribution in [3.8, 4) is 0 Å². The van der Waals surface area contributed by atoms with Crippen LogP contribution in [0, 0.1) is 11.8 Å². The molecule has 2 unspecified atom stereocenters. The fourth-order valence-electron chi connectivity index (χ4n) is 3.20. The maximum atomic E-state index is 12.5. The normalized spacial score (nSPS) is 26.0. The number of benzene rings is 1. The van der Waals surface area contributed by atoms with Gasteiger partial charge in [0.2, 0.25) is 5.91 Å². The summed E-state index contributed by atoms with van der Waals surface area (Å²) in [6, 6.07) is 5.68. The van der Waals surface area contributed by atoms with E-state index in [2.05, 4.69) is 0 Å². The van der Waals surface area contributed by atoms with Crippen molar-refractivity contribution in [1.82, 2.24) is 4.90 Å². The number of halogens is 2. The first-order chi connectivity index (χ1) is 10.1. The molecule has 2 fully saturated rings. The molecule has 5 heteroatoms. The van der Waals surface area contributed by atoms with Gasteiger partial charge in [0.15, 0.2) is 0 Å². The van der Waals surface area contributed by atoms with Crippen LogP contribution < -0.4 is 5.73 Å². The molecule has 0 aromatic heterocycles. The van der Waals surface area contributed by atoms with E-state index < -0.39 is 0 Å². The third-order valence-electron chi connectivity index (χ3n) is 4.74. The van der Waals surface area contributed by atoms with E-state index in [9.17, 15) is 4.79 Å². The Balaban J connectivity index is 1.60. The fraction of sp³-hybridized carbons (Fsp3) is 0.562. The Bertz CT molecular complexity index is 541. The monoisotopic (exact) mass is 326 g/mol. The number of hydrogen-bond acceptors (Lipinski definition) is 2. The van der Waals surface area contributed by atoms with Crippen molar-refractivity contribution < 1.29 is 4.79 Å². The Kier molecular flexibility index (Phi) is 4.43. The summed E-state index contributed by atoms with van der Waals surface area (Å²) < 4.78 is 0. The number of carbonyl (C=O) groups is 1. The molecule has 1 aromatic rings. The van der Waals surface area contributed by atoms with E-state index >= 15 is 0 Å². The van der Waals surface area contributed by atoms with E-state index in [1.54, 1.807) is 0 Å². The molecule has 1 aliphatic carbocycles. The van der Waals surface area contributed by atoms with Gasteiger partial charge < -0.3 is 10.6 Å². The molecule has 2 N–H and O–H groups in total. The molecule has 1 amide bonds. The molecule has 2 atom stereocenters. The fourth-order valence-corrected chi connectivity index (χ4v) is 3.51. The summed E-state index contributed by atoms with van der Waals surface area (Å²) in [6.07, 6.45) is 2.99. The second-order valence-electron chi connectivity index (χ2n) is 6.13. The van der Waals surface area contributed by atoms with Gasteiger partial charge in [-0.15, -0.1) is 0 Å². The van der Waals surface area contributed by atoms with Crippen LogP contribution in [0.1, 0.15) is 30.7 Å². The highest BCUT2D eigenvalue weighted by Gasteiger charge is 2.46. The van der Waals surface area contributed by atoms with Crippen LogP contribution in [0.25, 0.3) is 0 Å². The summed E-state index contributed by atoms with van der Waals surface area (Å²) in [6.45, 7) is 2.44. The van der Waals surface area contributed by atoms with Gasteiger partial charge in [0.25, 0.3) is 0 Å². The molecule has 1 aliphatic heterocycles. The summed E-state index contributed by atoms with van der Waals surface area (Å²) in [7, 11) is 0. The Hall–Kier alpha value is -0.770. The molecule has 3 rings (SSSR count). The van der Waals surface area contributed by atoms with Crippen molar-refractivity contribution in [2.24, 2.45) is 17.6 Å². The predicted molar refractivity (Wildman–Crippen MR) is 85.7 cm³/mol. The molecule has 3 nitrogen and oxygen atoms in total. The third kappa shape index (κ3) is 3.20. The predicted octanol–water partition coefficient (Wildman–Crippen LogP) is 3.29. The van der Waals surface area contributed by atoms with Crippen LogP contribution >= 0.6 is 23.2 Å². The number of rotatable bonds is 3. The van der Waals surface area contributed by atoms with Crippen LogP contribution in [0.2, 0.25) is 10.0 Å².